The second-order valence-electron chi connectivity index (χ2n) is 16.3. The van der Waals surface area contributed by atoms with Crippen LogP contribution in [0.3, 0.4) is 0 Å². The SMILES string of the molecule is COc1ccc(Nc2ccc3c(O)c(N=Nc4ccc(N=Nc5ccc(N=Nc6cc(S(=O)(=O)O)c7cccc(S(=O)(=O)O)c7c6)c6cc(S(=O)(=O)O)ccc56)c5cc(S(=O)(=O)O)ccc45)c(S(=O)(=O)O)cc3c2)cc1. The van der Waals surface area contributed by atoms with Gasteiger partial charge in [0.2, 0.25) is 0 Å². The van der Waals surface area contributed by atoms with Crippen LogP contribution in [0.2, 0.25) is 0 Å². The van der Waals surface area contributed by atoms with Crippen molar-refractivity contribution in [1.29, 1.82) is 0 Å². The summed E-state index contributed by atoms with van der Waals surface area (Å²) in [5, 5.41) is 39.2. The van der Waals surface area contributed by atoms with Crippen molar-refractivity contribution in [3.8, 4) is 11.5 Å². The van der Waals surface area contributed by atoms with Gasteiger partial charge in [-0.1, -0.05) is 24.3 Å². The molecule has 0 aromatic heterocycles. The van der Waals surface area contributed by atoms with Crippen LogP contribution in [0.25, 0.3) is 43.1 Å². The van der Waals surface area contributed by atoms with Crippen molar-refractivity contribution in [3.63, 3.8) is 0 Å². The molecule has 0 atom stereocenters. The van der Waals surface area contributed by atoms with Gasteiger partial charge in [-0.2, -0.15) is 47.2 Å². The average Bonchev–Trinajstić information content (AvgIpc) is 3.38. The molecule has 76 heavy (non-hydrogen) atoms. The molecule has 9 aromatic rings. The van der Waals surface area contributed by atoms with Gasteiger partial charge in [0.15, 0.2) is 5.75 Å². The molecule has 24 nitrogen and oxygen atoms in total. The third-order valence-electron chi connectivity index (χ3n) is 11.4. The molecule has 0 heterocycles. The van der Waals surface area contributed by atoms with Gasteiger partial charge < -0.3 is 15.2 Å². The first-order chi connectivity index (χ1) is 35.7. The number of rotatable bonds is 14. The minimum atomic E-state index is -5.08. The second-order valence-corrected chi connectivity index (χ2v) is 23.3. The number of ether oxygens (including phenoxy) is 1. The highest BCUT2D eigenvalue weighted by atomic mass is 32.2. The van der Waals surface area contributed by atoms with Gasteiger partial charge in [0, 0.05) is 49.1 Å². The first-order valence-electron chi connectivity index (χ1n) is 21.2. The number of aromatic hydroxyl groups is 1. The number of anilines is 2. The standard InChI is InChI=1S/C47H33N7O17S5/c1-71-29-8-5-26(6-9-29)48-27-7-12-32-25(19-27)20-45(76(68,69)70)46(47(32)55)54-53-40-16-18-42(37-24-31(73(59,60)61)11-14-34(37)40)52-51-39-15-17-41(36-23-30(72(56,57)58)10-13-33(36)39)50-49-28-21-38-35(44(22-28)75(65,66)67)3-2-4-43(38)74(62,63)64/h2-24,48,55H,1H3,(H,56,57,58)(H,59,60,61)(H,62,63,64)(H,65,66,67)(H,68,69,70). The van der Waals surface area contributed by atoms with E-state index in [4.69, 9.17) is 4.74 Å². The summed E-state index contributed by atoms with van der Waals surface area (Å²) in [6.45, 7) is 0. The number of benzene rings is 9. The normalized spacial score (nSPS) is 13.0. The Bertz CT molecular complexity index is 4640. The molecule has 29 heteroatoms. The monoisotopic (exact) mass is 1130 g/mol. The molecule has 0 saturated heterocycles. The van der Waals surface area contributed by atoms with Gasteiger partial charge in [-0.25, -0.2) is 0 Å². The number of nitrogens with one attached hydrogen (secondary N) is 1. The maximum Gasteiger partial charge on any atom is 0.296 e. The van der Waals surface area contributed by atoms with Gasteiger partial charge in [-0.15, -0.1) is 25.6 Å². The molecule has 0 spiro atoms. The fourth-order valence-corrected chi connectivity index (χ4v) is 11.0. The summed E-state index contributed by atoms with van der Waals surface area (Å²) in [6.07, 6.45) is 0. The summed E-state index contributed by atoms with van der Waals surface area (Å²) in [7, 11) is -23.3. The van der Waals surface area contributed by atoms with Crippen LogP contribution in [0.1, 0.15) is 0 Å². The lowest BCUT2D eigenvalue weighted by molar-refractivity contribution is 0.415. The molecule has 388 valence electrons. The van der Waals surface area contributed by atoms with E-state index in [0.29, 0.717) is 17.1 Å². The first-order valence-corrected chi connectivity index (χ1v) is 28.4. The molecule has 0 amide bonds. The fraction of sp³-hybridized carbons (Fsp3) is 0.0213. The summed E-state index contributed by atoms with van der Waals surface area (Å²) in [4.78, 5) is -3.56. The maximum absolute atomic E-state index is 12.8. The van der Waals surface area contributed by atoms with Crippen LogP contribution in [0.4, 0.5) is 45.5 Å². The Morgan fingerprint density at radius 2 is 0.882 bits per heavy atom. The van der Waals surface area contributed by atoms with E-state index < -0.39 is 86.5 Å². The van der Waals surface area contributed by atoms with Crippen molar-refractivity contribution in [3.05, 3.63) is 140 Å². The predicted octanol–water partition coefficient (Wildman–Crippen LogP) is 11.2. The third kappa shape index (κ3) is 10.8. The Balaban J connectivity index is 1.12. The van der Waals surface area contributed by atoms with E-state index in [-0.39, 0.29) is 71.5 Å². The molecule has 9 aromatic carbocycles. The quantitative estimate of drug-likeness (QED) is 0.0393. The summed E-state index contributed by atoms with van der Waals surface area (Å²) >= 11 is 0. The van der Waals surface area contributed by atoms with Crippen molar-refractivity contribution in [2.45, 2.75) is 24.5 Å². The van der Waals surface area contributed by atoms with Crippen molar-refractivity contribution >= 4 is 139 Å². The number of hydrogen-bond donors (Lipinski definition) is 7. The Hall–Kier alpha value is -8.23. The van der Waals surface area contributed by atoms with Crippen molar-refractivity contribution in [1.82, 2.24) is 0 Å². The van der Waals surface area contributed by atoms with E-state index >= 15 is 0 Å². The summed E-state index contributed by atoms with van der Waals surface area (Å²) in [5.41, 5.74) is -0.180. The van der Waals surface area contributed by atoms with E-state index in [2.05, 4.69) is 36.0 Å². The molecular formula is C47H33N7O17S5. The van der Waals surface area contributed by atoms with E-state index in [1.807, 2.05) is 0 Å². The molecular weight excluding hydrogens is 1090 g/mol. The number of nitrogens with zero attached hydrogens (tertiary/aromatic N) is 6. The number of azo groups is 3. The molecule has 0 saturated carbocycles. The van der Waals surface area contributed by atoms with Gasteiger partial charge in [-0.05, 0) is 121 Å². The van der Waals surface area contributed by atoms with Crippen LogP contribution in [-0.2, 0) is 50.6 Å². The molecule has 9 rings (SSSR count). The molecule has 0 radical (unpaired) electrons. The van der Waals surface area contributed by atoms with E-state index in [9.17, 15) is 70.0 Å². The van der Waals surface area contributed by atoms with Crippen LogP contribution < -0.4 is 10.1 Å². The third-order valence-corrected chi connectivity index (χ3v) is 15.8. The van der Waals surface area contributed by atoms with E-state index in [1.54, 1.807) is 30.3 Å². The Morgan fingerprint density at radius 1 is 0.395 bits per heavy atom. The number of fused-ring (bicyclic) bond motifs is 4. The van der Waals surface area contributed by atoms with Crippen molar-refractivity contribution < 1.29 is 74.7 Å². The fourth-order valence-electron chi connectivity index (χ4n) is 7.95. The number of phenols is 1. The number of phenolic OH excluding ortho intramolecular Hbond substituents is 1. The molecule has 0 unspecified atom stereocenters. The van der Waals surface area contributed by atoms with Gasteiger partial charge >= 0.3 is 0 Å². The zero-order valence-corrected chi connectivity index (χ0v) is 42.3. The molecule has 0 aliphatic heterocycles. The van der Waals surface area contributed by atoms with Crippen molar-refractivity contribution in [2.24, 2.45) is 30.7 Å². The Morgan fingerprint density at radius 3 is 1.39 bits per heavy atom. The number of methoxy groups -OCH3 is 1. The van der Waals surface area contributed by atoms with E-state index in [0.717, 1.165) is 54.6 Å². The van der Waals surface area contributed by atoms with E-state index in [1.165, 1.54) is 61.7 Å². The molecule has 0 aliphatic carbocycles. The van der Waals surface area contributed by atoms with Gasteiger partial charge in [0.05, 0.1) is 45.3 Å². The summed E-state index contributed by atoms with van der Waals surface area (Å²) in [5.74, 6) is -0.0627. The smallest absolute Gasteiger partial charge is 0.296 e. The zero-order valence-electron chi connectivity index (χ0n) is 38.2. The van der Waals surface area contributed by atoms with Crippen LogP contribution in [-0.4, -0.2) is 77.1 Å². The summed E-state index contributed by atoms with van der Waals surface area (Å²) < 4.78 is 179. The maximum atomic E-state index is 12.8. The zero-order chi connectivity index (χ0) is 54.7. The molecule has 7 N–H and O–H groups in total. The molecule has 0 bridgehead atoms. The molecule has 0 aliphatic rings. The van der Waals surface area contributed by atoms with Crippen LogP contribution in [0.15, 0.2) is 195 Å². The highest BCUT2D eigenvalue weighted by Gasteiger charge is 2.24. The van der Waals surface area contributed by atoms with Crippen LogP contribution in [0.5, 0.6) is 11.5 Å². The Kier molecular flexibility index (Phi) is 13.5. The lowest BCUT2D eigenvalue weighted by Gasteiger charge is -2.12. The lowest BCUT2D eigenvalue weighted by atomic mass is 10.1. The molecule has 0 fully saturated rings. The van der Waals surface area contributed by atoms with Gasteiger partial charge in [-0.3, -0.25) is 22.8 Å². The lowest BCUT2D eigenvalue weighted by Crippen LogP contribution is -2.03. The highest BCUT2D eigenvalue weighted by molar-refractivity contribution is 7.87. The second kappa shape index (κ2) is 19.5. The Labute approximate surface area is 430 Å². The topological polar surface area (TPSA) is 388 Å². The largest absolute Gasteiger partial charge is 0.505 e. The minimum Gasteiger partial charge on any atom is -0.505 e. The van der Waals surface area contributed by atoms with Gasteiger partial charge in [0.1, 0.15) is 26.1 Å². The van der Waals surface area contributed by atoms with Crippen LogP contribution >= 0.6 is 0 Å². The van der Waals surface area contributed by atoms with Crippen molar-refractivity contribution in [2.75, 3.05) is 12.4 Å². The highest BCUT2D eigenvalue weighted by Crippen LogP contribution is 2.45. The summed E-state index contributed by atoms with van der Waals surface area (Å²) in [6, 6.07) is 29.4. The first kappa shape index (κ1) is 52.6. The van der Waals surface area contributed by atoms with Crippen LogP contribution in [0, 0.1) is 0 Å². The van der Waals surface area contributed by atoms with Gasteiger partial charge in [0.25, 0.3) is 50.6 Å². The predicted molar refractivity (Wildman–Crippen MR) is 275 cm³/mol. The average molecular weight is 1130 g/mol. The minimum absolute atomic E-state index is 0.0102. The number of hydrogen-bond acceptors (Lipinski definition) is 19.